The molecule has 16 heavy (non-hydrogen) atoms. The van der Waals surface area contributed by atoms with Gasteiger partial charge in [0.1, 0.15) is 0 Å². The van der Waals surface area contributed by atoms with Crippen molar-refractivity contribution in [3.8, 4) is 0 Å². The van der Waals surface area contributed by atoms with Crippen LogP contribution < -0.4 is 11.1 Å². The van der Waals surface area contributed by atoms with E-state index in [1.165, 1.54) is 12.0 Å². The average molecular weight is 218 g/mol. The zero-order chi connectivity index (χ0) is 11.5. The number of primary amides is 1. The van der Waals surface area contributed by atoms with Crippen LogP contribution in [0.1, 0.15) is 24.8 Å². The van der Waals surface area contributed by atoms with E-state index in [9.17, 15) is 4.79 Å². The SMILES string of the molecule is C[C@H](NCC1CC1c1ccccc1)C(N)=O. The van der Waals surface area contributed by atoms with Crippen molar-refractivity contribution in [2.45, 2.75) is 25.3 Å². The molecular formula is C13H18N2O. The number of carbonyl (C=O) groups excluding carboxylic acids is 1. The summed E-state index contributed by atoms with van der Waals surface area (Å²) >= 11 is 0. The summed E-state index contributed by atoms with van der Waals surface area (Å²) in [6.07, 6.45) is 1.21. The van der Waals surface area contributed by atoms with Crippen LogP contribution >= 0.6 is 0 Å². The molecule has 0 spiro atoms. The molecule has 0 radical (unpaired) electrons. The Hall–Kier alpha value is -1.35. The molecule has 86 valence electrons. The van der Waals surface area contributed by atoms with E-state index in [0.29, 0.717) is 11.8 Å². The molecule has 0 aliphatic heterocycles. The Balaban J connectivity index is 1.78. The van der Waals surface area contributed by atoms with Crippen LogP contribution in [0.4, 0.5) is 0 Å². The van der Waals surface area contributed by atoms with Gasteiger partial charge in [0.15, 0.2) is 0 Å². The zero-order valence-electron chi connectivity index (χ0n) is 9.52. The molecule has 3 heteroatoms. The number of hydrogen-bond acceptors (Lipinski definition) is 2. The summed E-state index contributed by atoms with van der Waals surface area (Å²) in [5, 5.41) is 3.17. The molecule has 1 aliphatic carbocycles. The van der Waals surface area contributed by atoms with E-state index in [2.05, 4.69) is 29.6 Å². The molecule has 0 saturated heterocycles. The van der Waals surface area contributed by atoms with Crippen molar-refractivity contribution in [2.75, 3.05) is 6.54 Å². The van der Waals surface area contributed by atoms with Crippen LogP contribution in [0, 0.1) is 5.92 Å². The van der Waals surface area contributed by atoms with Crippen LogP contribution in [0.25, 0.3) is 0 Å². The van der Waals surface area contributed by atoms with Crippen LogP contribution in [-0.2, 0) is 4.79 Å². The van der Waals surface area contributed by atoms with Gasteiger partial charge in [-0.05, 0) is 37.3 Å². The fourth-order valence-electron chi connectivity index (χ4n) is 2.01. The van der Waals surface area contributed by atoms with E-state index in [0.717, 1.165) is 6.54 Å². The number of benzene rings is 1. The summed E-state index contributed by atoms with van der Waals surface area (Å²) in [7, 11) is 0. The van der Waals surface area contributed by atoms with Gasteiger partial charge in [-0.3, -0.25) is 4.79 Å². The molecule has 1 fully saturated rings. The van der Waals surface area contributed by atoms with Crippen molar-refractivity contribution >= 4 is 5.91 Å². The first-order valence-corrected chi connectivity index (χ1v) is 5.76. The van der Waals surface area contributed by atoms with Gasteiger partial charge in [0.2, 0.25) is 5.91 Å². The fourth-order valence-corrected chi connectivity index (χ4v) is 2.01. The van der Waals surface area contributed by atoms with Crippen molar-refractivity contribution in [3.05, 3.63) is 35.9 Å². The third-order valence-electron chi connectivity index (χ3n) is 3.26. The van der Waals surface area contributed by atoms with Crippen LogP contribution in [0.3, 0.4) is 0 Å². The highest BCUT2D eigenvalue weighted by atomic mass is 16.1. The number of rotatable bonds is 5. The molecule has 0 heterocycles. The molecule has 3 nitrogen and oxygen atoms in total. The monoisotopic (exact) mass is 218 g/mol. The standard InChI is InChI=1S/C13H18N2O/c1-9(13(14)16)15-8-11-7-12(11)10-5-3-2-4-6-10/h2-6,9,11-12,15H,7-8H2,1H3,(H2,14,16)/t9-,11?,12?/m0/s1. The van der Waals surface area contributed by atoms with Gasteiger partial charge in [-0.1, -0.05) is 30.3 Å². The molecule has 1 aliphatic rings. The van der Waals surface area contributed by atoms with E-state index in [1.807, 2.05) is 13.0 Å². The Morgan fingerprint density at radius 2 is 2.19 bits per heavy atom. The molecule has 0 aromatic heterocycles. The molecule has 2 rings (SSSR count). The Morgan fingerprint density at radius 3 is 2.81 bits per heavy atom. The predicted octanol–water partition coefficient (Wildman–Crippen LogP) is 1.25. The predicted molar refractivity (Wildman–Crippen MR) is 63.9 cm³/mol. The zero-order valence-corrected chi connectivity index (χ0v) is 9.52. The summed E-state index contributed by atoms with van der Waals surface area (Å²) in [6.45, 7) is 2.69. The third-order valence-corrected chi connectivity index (χ3v) is 3.26. The second-order valence-electron chi connectivity index (χ2n) is 4.55. The molecule has 1 saturated carbocycles. The Kier molecular flexibility index (Phi) is 3.25. The quantitative estimate of drug-likeness (QED) is 0.781. The number of carbonyl (C=O) groups is 1. The summed E-state index contributed by atoms with van der Waals surface area (Å²) in [6, 6.07) is 10.3. The van der Waals surface area contributed by atoms with Gasteiger partial charge < -0.3 is 11.1 Å². The second kappa shape index (κ2) is 4.66. The molecule has 1 aromatic carbocycles. The Morgan fingerprint density at radius 1 is 1.50 bits per heavy atom. The molecule has 3 N–H and O–H groups in total. The molecular weight excluding hydrogens is 200 g/mol. The first-order valence-electron chi connectivity index (χ1n) is 5.76. The Labute approximate surface area is 96.0 Å². The molecule has 2 unspecified atom stereocenters. The maximum absolute atomic E-state index is 10.8. The first-order chi connectivity index (χ1) is 7.68. The van der Waals surface area contributed by atoms with Crippen molar-refractivity contribution in [1.82, 2.24) is 5.32 Å². The number of nitrogens with two attached hydrogens (primary N) is 1. The van der Waals surface area contributed by atoms with Gasteiger partial charge in [0, 0.05) is 0 Å². The number of nitrogens with one attached hydrogen (secondary N) is 1. The lowest BCUT2D eigenvalue weighted by atomic mass is 10.1. The van der Waals surface area contributed by atoms with Gasteiger partial charge in [-0.2, -0.15) is 0 Å². The second-order valence-corrected chi connectivity index (χ2v) is 4.55. The largest absolute Gasteiger partial charge is 0.368 e. The van der Waals surface area contributed by atoms with E-state index in [4.69, 9.17) is 5.73 Å². The maximum Gasteiger partial charge on any atom is 0.234 e. The minimum atomic E-state index is -0.281. The minimum Gasteiger partial charge on any atom is -0.368 e. The highest BCUT2D eigenvalue weighted by Gasteiger charge is 2.37. The highest BCUT2D eigenvalue weighted by molar-refractivity contribution is 5.79. The average Bonchev–Trinajstić information content (AvgIpc) is 3.06. The van der Waals surface area contributed by atoms with Gasteiger partial charge in [-0.25, -0.2) is 0 Å². The van der Waals surface area contributed by atoms with Crippen LogP contribution in [0.15, 0.2) is 30.3 Å². The Bertz CT molecular complexity index is 363. The summed E-state index contributed by atoms with van der Waals surface area (Å²) in [5.74, 6) is 1.04. The fraction of sp³-hybridized carbons (Fsp3) is 0.462. The number of amides is 1. The first kappa shape index (κ1) is 11.1. The van der Waals surface area contributed by atoms with Gasteiger partial charge >= 0.3 is 0 Å². The molecule has 1 aromatic rings. The van der Waals surface area contributed by atoms with Crippen molar-refractivity contribution in [1.29, 1.82) is 0 Å². The summed E-state index contributed by atoms with van der Waals surface area (Å²) < 4.78 is 0. The van der Waals surface area contributed by atoms with E-state index in [-0.39, 0.29) is 11.9 Å². The molecule has 1 amide bonds. The van der Waals surface area contributed by atoms with Crippen LogP contribution in [-0.4, -0.2) is 18.5 Å². The van der Waals surface area contributed by atoms with Crippen LogP contribution in [0.5, 0.6) is 0 Å². The summed E-state index contributed by atoms with van der Waals surface area (Å²) in [5.41, 5.74) is 6.59. The van der Waals surface area contributed by atoms with Gasteiger partial charge in [-0.15, -0.1) is 0 Å². The summed E-state index contributed by atoms with van der Waals surface area (Å²) in [4.78, 5) is 10.8. The van der Waals surface area contributed by atoms with Crippen LogP contribution in [0.2, 0.25) is 0 Å². The lowest BCUT2D eigenvalue weighted by Crippen LogP contribution is -2.39. The van der Waals surface area contributed by atoms with Crippen molar-refractivity contribution in [3.63, 3.8) is 0 Å². The number of hydrogen-bond donors (Lipinski definition) is 2. The van der Waals surface area contributed by atoms with Gasteiger partial charge in [0.25, 0.3) is 0 Å². The third kappa shape index (κ3) is 2.61. The smallest absolute Gasteiger partial charge is 0.234 e. The highest BCUT2D eigenvalue weighted by Crippen LogP contribution is 2.46. The van der Waals surface area contributed by atoms with E-state index in [1.54, 1.807) is 0 Å². The van der Waals surface area contributed by atoms with E-state index < -0.39 is 0 Å². The molecule has 0 bridgehead atoms. The van der Waals surface area contributed by atoms with Crippen molar-refractivity contribution in [2.24, 2.45) is 11.7 Å². The topological polar surface area (TPSA) is 55.1 Å². The van der Waals surface area contributed by atoms with Crippen molar-refractivity contribution < 1.29 is 4.79 Å². The van der Waals surface area contributed by atoms with E-state index >= 15 is 0 Å². The lowest BCUT2D eigenvalue weighted by molar-refractivity contribution is -0.119. The molecule has 3 atom stereocenters. The normalized spacial score (nSPS) is 25.1. The lowest BCUT2D eigenvalue weighted by Gasteiger charge is -2.09. The minimum absolute atomic E-state index is 0.225. The van der Waals surface area contributed by atoms with Gasteiger partial charge in [0.05, 0.1) is 6.04 Å². The maximum atomic E-state index is 10.8.